The first kappa shape index (κ1) is 14.9. The van der Waals surface area contributed by atoms with Crippen LogP contribution in [0.5, 0.6) is 0 Å². The van der Waals surface area contributed by atoms with Crippen molar-refractivity contribution in [3.63, 3.8) is 0 Å². The molecule has 0 amide bonds. The zero-order valence-electron chi connectivity index (χ0n) is 13.8. The van der Waals surface area contributed by atoms with Crippen molar-refractivity contribution in [3.8, 4) is 6.07 Å². The molecule has 2 aromatic rings. The summed E-state index contributed by atoms with van der Waals surface area (Å²) < 4.78 is 0. The van der Waals surface area contributed by atoms with Crippen LogP contribution in [0.25, 0.3) is 0 Å². The van der Waals surface area contributed by atoms with E-state index in [1.165, 1.54) is 6.42 Å². The van der Waals surface area contributed by atoms with Gasteiger partial charge in [0.25, 0.3) is 0 Å². The highest BCUT2D eigenvalue weighted by Gasteiger charge is 2.40. The number of aryl methyl sites for hydroxylation is 1. The summed E-state index contributed by atoms with van der Waals surface area (Å²) in [5.41, 5.74) is 0.660. The van der Waals surface area contributed by atoms with Crippen molar-refractivity contribution < 1.29 is 0 Å². The highest BCUT2D eigenvalue weighted by molar-refractivity contribution is 5.56. The maximum atomic E-state index is 9.39. The van der Waals surface area contributed by atoms with E-state index >= 15 is 0 Å². The first-order chi connectivity index (χ1) is 11.8. The molecule has 4 rings (SSSR count). The fraction of sp³-hybridized carbons (Fsp3) is 0.444. The highest BCUT2D eigenvalue weighted by atomic mass is 15.3. The lowest BCUT2D eigenvalue weighted by Crippen LogP contribution is -2.49. The Morgan fingerprint density at radius 2 is 2.04 bits per heavy atom. The van der Waals surface area contributed by atoms with Crippen LogP contribution in [-0.2, 0) is 0 Å². The molecule has 0 spiro atoms. The second-order valence-electron chi connectivity index (χ2n) is 6.49. The molecule has 0 saturated carbocycles. The van der Waals surface area contributed by atoms with E-state index in [0.29, 0.717) is 17.5 Å². The third kappa shape index (κ3) is 2.56. The van der Waals surface area contributed by atoms with Gasteiger partial charge in [0.05, 0.1) is 11.6 Å². The van der Waals surface area contributed by atoms with Gasteiger partial charge in [-0.05, 0) is 43.9 Å². The molecular formula is C18H20N6. The lowest BCUT2D eigenvalue weighted by atomic mass is 9.92. The zero-order valence-corrected chi connectivity index (χ0v) is 13.8. The van der Waals surface area contributed by atoms with Gasteiger partial charge in [-0.3, -0.25) is 0 Å². The summed E-state index contributed by atoms with van der Waals surface area (Å²) >= 11 is 0. The molecule has 122 valence electrons. The smallest absolute Gasteiger partial charge is 0.146 e. The van der Waals surface area contributed by atoms with Gasteiger partial charge in [-0.2, -0.15) is 5.26 Å². The van der Waals surface area contributed by atoms with Gasteiger partial charge in [0, 0.05) is 32.0 Å². The molecule has 0 radical (unpaired) electrons. The summed E-state index contributed by atoms with van der Waals surface area (Å²) in [4.78, 5) is 17.9. The van der Waals surface area contributed by atoms with Crippen molar-refractivity contribution in [2.24, 2.45) is 5.92 Å². The Morgan fingerprint density at radius 1 is 1.17 bits per heavy atom. The number of aromatic nitrogens is 3. The van der Waals surface area contributed by atoms with Gasteiger partial charge in [0.15, 0.2) is 0 Å². The molecule has 0 aromatic carbocycles. The number of hydrogen-bond acceptors (Lipinski definition) is 6. The quantitative estimate of drug-likeness (QED) is 0.844. The van der Waals surface area contributed by atoms with Crippen molar-refractivity contribution in [1.29, 1.82) is 5.26 Å². The maximum Gasteiger partial charge on any atom is 0.146 e. The minimum atomic E-state index is 0.385. The standard InChI is InChI=1S/C18H20N6/c1-13-20-8-4-17(22-13)23-9-5-14-6-10-24(16(14)12-23)18-15(11-19)3-2-7-21-18/h2-4,7-8,14,16H,5-6,9-10,12H2,1H3. The largest absolute Gasteiger partial charge is 0.354 e. The summed E-state index contributed by atoms with van der Waals surface area (Å²) in [6.07, 6.45) is 5.92. The monoisotopic (exact) mass is 320 g/mol. The summed E-state index contributed by atoms with van der Waals surface area (Å²) in [7, 11) is 0. The number of piperidine rings is 1. The average molecular weight is 320 g/mol. The molecule has 6 heteroatoms. The van der Waals surface area contributed by atoms with Crippen LogP contribution in [-0.4, -0.2) is 40.6 Å². The molecule has 2 saturated heterocycles. The van der Waals surface area contributed by atoms with Crippen molar-refractivity contribution >= 4 is 11.6 Å². The average Bonchev–Trinajstić information content (AvgIpc) is 3.04. The van der Waals surface area contributed by atoms with E-state index in [1.54, 1.807) is 6.20 Å². The molecule has 2 fully saturated rings. The Kier molecular flexibility index (Phi) is 3.77. The van der Waals surface area contributed by atoms with E-state index in [4.69, 9.17) is 0 Å². The Hall–Kier alpha value is -2.68. The Balaban J connectivity index is 1.61. The number of hydrogen-bond donors (Lipinski definition) is 0. The fourth-order valence-electron chi connectivity index (χ4n) is 3.94. The molecule has 2 aromatic heterocycles. The molecule has 6 nitrogen and oxygen atoms in total. The van der Waals surface area contributed by atoms with Crippen molar-refractivity contribution in [1.82, 2.24) is 15.0 Å². The number of rotatable bonds is 2. The molecular weight excluding hydrogens is 300 g/mol. The second kappa shape index (κ2) is 6.08. The summed E-state index contributed by atoms with van der Waals surface area (Å²) in [5.74, 6) is 3.29. The highest BCUT2D eigenvalue weighted by Crippen LogP contribution is 2.36. The minimum absolute atomic E-state index is 0.385. The van der Waals surface area contributed by atoms with Crippen LogP contribution in [0.2, 0.25) is 0 Å². The topological polar surface area (TPSA) is 68.9 Å². The first-order valence-corrected chi connectivity index (χ1v) is 8.42. The molecule has 2 aliphatic heterocycles. The van der Waals surface area contributed by atoms with Crippen molar-refractivity contribution in [3.05, 3.63) is 42.0 Å². The Bertz CT molecular complexity index is 783. The molecule has 0 N–H and O–H groups in total. The summed E-state index contributed by atoms with van der Waals surface area (Å²) in [6, 6.07) is 8.32. The Morgan fingerprint density at radius 3 is 2.88 bits per heavy atom. The van der Waals surface area contributed by atoms with Crippen LogP contribution in [0.3, 0.4) is 0 Å². The predicted molar refractivity (Wildman–Crippen MR) is 91.8 cm³/mol. The maximum absolute atomic E-state index is 9.39. The van der Waals surface area contributed by atoms with Gasteiger partial charge in [-0.1, -0.05) is 0 Å². The Labute approximate surface area is 141 Å². The number of fused-ring (bicyclic) bond motifs is 1. The van der Waals surface area contributed by atoms with Crippen LogP contribution in [0, 0.1) is 24.2 Å². The van der Waals surface area contributed by atoms with E-state index < -0.39 is 0 Å². The third-order valence-electron chi connectivity index (χ3n) is 5.13. The molecule has 2 atom stereocenters. The lowest BCUT2D eigenvalue weighted by Gasteiger charge is -2.39. The van der Waals surface area contributed by atoms with E-state index in [2.05, 4.69) is 30.8 Å². The number of nitrogens with zero attached hydrogens (tertiary/aromatic N) is 6. The first-order valence-electron chi connectivity index (χ1n) is 8.42. The van der Waals surface area contributed by atoms with Gasteiger partial charge in [0.2, 0.25) is 0 Å². The third-order valence-corrected chi connectivity index (χ3v) is 5.13. The van der Waals surface area contributed by atoms with Crippen LogP contribution in [0.1, 0.15) is 24.2 Å². The molecule has 0 bridgehead atoms. The molecule has 24 heavy (non-hydrogen) atoms. The van der Waals surface area contributed by atoms with E-state index in [9.17, 15) is 5.26 Å². The van der Waals surface area contributed by atoms with E-state index in [-0.39, 0.29) is 0 Å². The molecule has 2 aliphatic rings. The van der Waals surface area contributed by atoms with E-state index in [0.717, 1.165) is 43.5 Å². The van der Waals surface area contributed by atoms with Gasteiger partial charge in [-0.25, -0.2) is 15.0 Å². The summed E-state index contributed by atoms with van der Waals surface area (Å²) in [5, 5.41) is 9.39. The van der Waals surface area contributed by atoms with Gasteiger partial charge < -0.3 is 9.80 Å². The van der Waals surface area contributed by atoms with Gasteiger partial charge >= 0.3 is 0 Å². The SMILES string of the molecule is Cc1nccc(N2CCC3CCN(c4ncccc4C#N)C3C2)n1. The van der Waals surface area contributed by atoms with Crippen LogP contribution in [0.4, 0.5) is 11.6 Å². The van der Waals surface area contributed by atoms with E-state index in [1.807, 2.05) is 31.3 Å². The lowest BCUT2D eigenvalue weighted by molar-refractivity contribution is 0.388. The molecule has 2 unspecified atom stereocenters. The van der Waals surface area contributed by atoms with Crippen LogP contribution in [0.15, 0.2) is 30.6 Å². The van der Waals surface area contributed by atoms with Crippen LogP contribution >= 0.6 is 0 Å². The van der Waals surface area contributed by atoms with Gasteiger partial charge in [-0.15, -0.1) is 0 Å². The number of nitriles is 1. The zero-order chi connectivity index (χ0) is 16.5. The molecule has 0 aliphatic carbocycles. The van der Waals surface area contributed by atoms with Crippen molar-refractivity contribution in [2.75, 3.05) is 29.4 Å². The van der Waals surface area contributed by atoms with Crippen LogP contribution < -0.4 is 9.80 Å². The molecule has 4 heterocycles. The van der Waals surface area contributed by atoms with Gasteiger partial charge in [0.1, 0.15) is 23.5 Å². The van der Waals surface area contributed by atoms with Crippen molar-refractivity contribution in [2.45, 2.75) is 25.8 Å². The number of anilines is 2. The normalized spacial score (nSPS) is 23.0. The minimum Gasteiger partial charge on any atom is -0.354 e. The second-order valence-corrected chi connectivity index (χ2v) is 6.49. The summed E-state index contributed by atoms with van der Waals surface area (Å²) in [6.45, 7) is 4.84. The predicted octanol–water partition coefficient (Wildman–Crippen LogP) is 2.16. The number of pyridine rings is 1. The fourth-order valence-corrected chi connectivity index (χ4v) is 3.94.